The summed E-state index contributed by atoms with van der Waals surface area (Å²) < 4.78 is 11.8. The molecule has 0 aliphatic heterocycles. The van der Waals surface area contributed by atoms with Crippen LogP contribution in [0.4, 0.5) is 5.69 Å². The van der Waals surface area contributed by atoms with Crippen LogP contribution in [0.5, 0.6) is 11.5 Å². The highest BCUT2D eigenvalue weighted by atomic mass is 16.6. The van der Waals surface area contributed by atoms with Gasteiger partial charge < -0.3 is 14.5 Å². The number of ether oxygens (including phenoxy) is 2. The summed E-state index contributed by atoms with van der Waals surface area (Å²) in [4.78, 5) is 26.0. The molecule has 7 nitrogen and oxygen atoms in total. The summed E-state index contributed by atoms with van der Waals surface area (Å²) in [5.74, 6) is 0.548. The lowest BCUT2D eigenvalue weighted by Gasteiger charge is -2.14. The summed E-state index contributed by atoms with van der Waals surface area (Å²) in [5.41, 5.74) is -0.116. The van der Waals surface area contributed by atoms with Crippen molar-refractivity contribution in [1.29, 1.82) is 0 Å². The van der Waals surface area contributed by atoms with Crippen molar-refractivity contribution in [2.45, 2.75) is 78.1 Å². The van der Waals surface area contributed by atoms with Gasteiger partial charge in [0.05, 0.1) is 23.7 Å². The molecular formula is C23H34N2O5. The molecule has 30 heavy (non-hydrogen) atoms. The fourth-order valence-corrected chi connectivity index (χ4v) is 3.39. The van der Waals surface area contributed by atoms with Crippen LogP contribution in [-0.2, 0) is 0 Å². The second-order valence-corrected chi connectivity index (χ2v) is 7.62. The van der Waals surface area contributed by atoms with Crippen molar-refractivity contribution >= 4 is 16.6 Å². The summed E-state index contributed by atoms with van der Waals surface area (Å²) in [6, 6.07) is 4.39. The Kier molecular flexibility index (Phi) is 10.2. The van der Waals surface area contributed by atoms with Gasteiger partial charge in [-0.15, -0.1) is 0 Å². The molecule has 0 aliphatic rings. The van der Waals surface area contributed by atoms with Crippen LogP contribution in [0, 0.1) is 10.1 Å². The van der Waals surface area contributed by atoms with E-state index in [2.05, 4.69) is 18.8 Å². The highest BCUT2D eigenvalue weighted by molar-refractivity contribution is 5.88. The molecule has 0 radical (unpaired) electrons. The Morgan fingerprint density at radius 2 is 1.43 bits per heavy atom. The molecule has 0 unspecified atom stereocenters. The van der Waals surface area contributed by atoms with Gasteiger partial charge in [0.25, 0.3) is 11.2 Å². The third-order valence-electron chi connectivity index (χ3n) is 5.11. The van der Waals surface area contributed by atoms with Crippen molar-refractivity contribution in [3.8, 4) is 11.5 Å². The Morgan fingerprint density at radius 1 is 0.867 bits per heavy atom. The number of nitrogens with one attached hydrogen (secondary N) is 1. The van der Waals surface area contributed by atoms with Crippen LogP contribution in [0.3, 0.4) is 0 Å². The topological polar surface area (TPSA) is 94.5 Å². The SMILES string of the molecule is CCCCCCCCOc1c(OCCCCCC)c2ccc([N+](=O)[O-])cc2[nH]c1=O. The maximum absolute atomic E-state index is 12.6. The van der Waals surface area contributed by atoms with Crippen LogP contribution < -0.4 is 15.0 Å². The molecular weight excluding hydrogens is 384 g/mol. The Bertz CT molecular complexity index is 863. The molecule has 0 amide bonds. The summed E-state index contributed by atoms with van der Waals surface area (Å²) in [5, 5.41) is 11.7. The zero-order chi connectivity index (χ0) is 21.8. The first-order chi connectivity index (χ1) is 14.6. The van der Waals surface area contributed by atoms with E-state index in [9.17, 15) is 14.9 Å². The molecule has 2 aromatic rings. The quantitative estimate of drug-likeness (QED) is 0.213. The lowest BCUT2D eigenvalue weighted by Crippen LogP contribution is -2.15. The van der Waals surface area contributed by atoms with Crippen molar-refractivity contribution < 1.29 is 14.4 Å². The Balaban J connectivity index is 2.17. The molecule has 1 aromatic heterocycles. The fourth-order valence-electron chi connectivity index (χ4n) is 3.39. The molecule has 0 spiro atoms. The van der Waals surface area contributed by atoms with Crippen molar-refractivity contribution in [3.63, 3.8) is 0 Å². The number of unbranched alkanes of at least 4 members (excludes halogenated alkanes) is 8. The van der Waals surface area contributed by atoms with Gasteiger partial charge >= 0.3 is 0 Å². The molecule has 2 rings (SSSR count). The number of H-pyrrole nitrogens is 1. The molecule has 0 aliphatic carbocycles. The highest BCUT2D eigenvalue weighted by Gasteiger charge is 2.18. The third kappa shape index (κ3) is 7.04. The van der Waals surface area contributed by atoms with Gasteiger partial charge in [0.15, 0.2) is 5.75 Å². The van der Waals surface area contributed by atoms with Crippen molar-refractivity contribution in [2.24, 2.45) is 0 Å². The number of fused-ring (bicyclic) bond motifs is 1. The van der Waals surface area contributed by atoms with Gasteiger partial charge in [0, 0.05) is 17.5 Å². The molecule has 1 heterocycles. The average Bonchev–Trinajstić information content (AvgIpc) is 2.73. The predicted molar refractivity (Wildman–Crippen MR) is 120 cm³/mol. The highest BCUT2D eigenvalue weighted by Crippen LogP contribution is 2.33. The zero-order valence-corrected chi connectivity index (χ0v) is 18.2. The van der Waals surface area contributed by atoms with E-state index < -0.39 is 10.5 Å². The number of non-ortho nitro benzene ring substituents is 1. The van der Waals surface area contributed by atoms with E-state index in [1.807, 2.05) is 0 Å². The average molecular weight is 419 g/mol. The van der Waals surface area contributed by atoms with Crippen LogP contribution >= 0.6 is 0 Å². The van der Waals surface area contributed by atoms with Crippen molar-refractivity contribution in [1.82, 2.24) is 4.98 Å². The number of hydrogen-bond acceptors (Lipinski definition) is 5. The van der Waals surface area contributed by atoms with Gasteiger partial charge in [-0.05, 0) is 18.9 Å². The van der Waals surface area contributed by atoms with E-state index in [0.29, 0.717) is 29.9 Å². The number of aromatic amines is 1. The lowest BCUT2D eigenvalue weighted by atomic mass is 10.1. The summed E-state index contributed by atoms with van der Waals surface area (Å²) >= 11 is 0. The second-order valence-electron chi connectivity index (χ2n) is 7.62. The predicted octanol–water partition coefficient (Wildman–Crippen LogP) is 6.13. The van der Waals surface area contributed by atoms with Gasteiger partial charge in [-0.25, -0.2) is 0 Å². The molecule has 0 fully saturated rings. The molecule has 0 saturated carbocycles. The smallest absolute Gasteiger partial charge is 0.294 e. The van der Waals surface area contributed by atoms with Gasteiger partial charge in [0.2, 0.25) is 5.75 Å². The number of rotatable bonds is 15. The van der Waals surface area contributed by atoms with Crippen LogP contribution in [0.1, 0.15) is 78.1 Å². The number of nitro benzene ring substituents is 1. The number of benzene rings is 1. The third-order valence-corrected chi connectivity index (χ3v) is 5.11. The molecule has 166 valence electrons. The minimum atomic E-state index is -0.480. The van der Waals surface area contributed by atoms with Crippen molar-refractivity contribution in [2.75, 3.05) is 13.2 Å². The molecule has 0 bridgehead atoms. The number of hydrogen-bond donors (Lipinski definition) is 1. The first-order valence-electron chi connectivity index (χ1n) is 11.2. The second kappa shape index (κ2) is 12.9. The van der Waals surface area contributed by atoms with Crippen LogP contribution in [0.15, 0.2) is 23.0 Å². The first-order valence-corrected chi connectivity index (χ1v) is 11.2. The van der Waals surface area contributed by atoms with E-state index in [0.717, 1.165) is 44.9 Å². The normalized spacial score (nSPS) is 11.0. The number of pyridine rings is 1. The van der Waals surface area contributed by atoms with Crippen LogP contribution in [0.2, 0.25) is 0 Å². The molecule has 7 heteroatoms. The summed E-state index contributed by atoms with van der Waals surface area (Å²) in [6.07, 6.45) is 11.0. The molecule has 1 aromatic carbocycles. The standard InChI is InChI=1S/C23H34N2O5/c1-3-5-7-9-10-12-16-30-22-21(29-15-11-8-6-4-2)19-14-13-18(25(27)28)17-20(19)24-23(22)26/h13-14,17H,3-12,15-16H2,1-2H3,(H,24,26). The van der Waals surface area contributed by atoms with Crippen LogP contribution in [-0.4, -0.2) is 23.1 Å². The van der Waals surface area contributed by atoms with E-state index in [4.69, 9.17) is 9.47 Å². The maximum atomic E-state index is 12.6. The summed E-state index contributed by atoms with van der Waals surface area (Å²) in [6.45, 7) is 5.25. The minimum absolute atomic E-state index is 0.0761. The van der Waals surface area contributed by atoms with Crippen molar-refractivity contribution in [3.05, 3.63) is 38.7 Å². The van der Waals surface area contributed by atoms with E-state index >= 15 is 0 Å². The minimum Gasteiger partial charge on any atom is -0.489 e. The molecule has 0 atom stereocenters. The van der Waals surface area contributed by atoms with Gasteiger partial charge in [-0.3, -0.25) is 14.9 Å². The van der Waals surface area contributed by atoms with E-state index in [1.54, 1.807) is 6.07 Å². The zero-order valence-electron chi connectivity index (χ0n) is 18.2. The number of aromatic nitrogens is 1. The van der Waals surface area contributed by atoms with E-state index in [-0.39, 0.29) is 11.4 Å². The van der Waals surface area contributed by atoms with E-state index in [1.165, 1.54) is 31.4 Å². The maximum Gasteiger partial charge on any atom is 0.294 e. The monoisotopic (exact) mass is 418 g/mol. The molecule has 0 saturated heterocycles. The largest absolute Gasteiger partial charge is 0.489 e. The Labute approximate surface area is 177 Å². The number of nitro groups is 1. The number of nitrogens with zero attached hydrogens (tertiary/aromatic N) is 1. The lowest BCUT2D eigenvalue weighted by molar-refractivity contribution is -0.384. The van der Waals surface area contributed by atoms with Gasteiger partial charge in [-0.2, -0.15) is 0 Å². The van der Waals surface area contributed by atoms with Crippen LogP contribution in [0.25, 0.3) is 10.9 Å². The molecule has 1 N–H and O–H groups in total. The Hall–Kier alpha value is -2.57. The van der Waals surface area contributed by atoms with Gasteiger partial charge in [0.1, 0.15) is 0 Å². The van der Waals surface area contributed by atoms with Gasteiger partial charge in [-0.1, -0.05) is 65.2 Å². The first kappa shape index (κ1) is 23.7. The Morgan fingerprint density at radius 3 is 2.07 bits per heavy atom. The fraction of sp³-hybridized carbons (Fsp3) is 0.609. The summed E-state index contributed by atoms with van der Waals surface area (Å²) in [7, 11) is 0.